The quantitative estimate of drug-likeness (QED) is 0.411. The molecule has 1 aromatic rings. The fourth-order valence-corrected chi connectivity index (χ4v) is 0.765. The van der Waals surface area contributed by atoms with E-state index >= 15 is 0 Å². The third-order valence-electron chi connectivity index (χ3n) is 1.32. The van der Waals surface area contributed by atoms with Crippen molar-refractivity contribution in [2.24, 2.45) is 4.99 Å². The van der Waals surface area contributed by atoms with E-state index in [4.69, 9.17) is 5.73 Å². The van der Waals surface area contributed by atoms with Gasteiger partial charge in [-0.2, -0.15) is 8.78 Å². The molecule has 0 heterocycles. The van der Waals surface area contributed by atoms with E-state index in [1.165, 1.54) is 0 Å². The Balaban J connectivity index is 2.82. The van der Waals surface area contributed by atoms with Crippen molar-refractivity contribution >= 4 is 11.9 Å². The normalized spacial score (nSPS) is 11.2. The molecule has 4 heteroatoms. The Morgan fingerprint density at radius 1 is 1.33 bits per heavy atom. The summed E-state index contributed by atoms with van der Waals surface area (Å²) in [5.41, 5.74) is 6.43. The van der Waals surface area contributed by atoms with Gasteiger partial charge in [-0.15, -0.1) is 0 Å². The molecule has 1 aromatic carbocycles. The summed E-state index contributed by atoms with van der Waals surface area (Å²) in [5.74, 6) is 0. The van der Waals surface area contributed by atoms with Gasteiger partial charge in [0, 0.05) is 17.5 Å². The van der Waals surface area contributed by atoms with Gasteiger partial charge in [-0.25, -0.2) is 4.99 Å². The molecule has 0 aromatic heterocycles. The van der Waals surface area contributed by atoms with E-state index in [-0.39, 0.29) is 0 Å². The summed E-state index contributed by atoms with van der Waals surface area (Å²) < 4.78 is 23.2. The third kappa shape index (κ3) is 2.30. The van der Waals surface area contributed by atoms with Crippen LogP contribution in [0.5, 0.6) is 0 Å². The number of hydrogen-bond acceptors (Lipinski definition) is 2. The number of anilines is 1. The highest BCUT2D eigenvalue weighted by Crippen LogP contribution is 2.07. The first-order valence-electron chi connectivity index (χ1n) is 3.36. The van der Waals surface area contributed by atoms with E-state index in [0.717, 1.165) is 6.21 Å². The number of hydrogen-bond donors (Lipinski definition) is 1. The lowest BCUT2D eigenvalue weighted by molar-refractivity contribution is 0.161. The van der Waals surface area contributed by atoms with Crippen molar-refractivity contribution < 1.29 is 8.78 Å². The molecule has 0 amide bonds. The summed E-state index contributed by atoms with van der Waals surface area (Å²) in [4.78, 5) is 2.92. The summed E-state index contributed by atoms with van der Waals surface area (Å²) in [6, 6.07) is 6.70. The predicted octanol–water partition coefficient (Wildman–Crippen LogP) is 1.91. The van der Waals surface area contributed by atoms with Gasteiger partial charge in [-0.1, -0.05) is 18.2 Å². The van der Waals surface area contributed by atoms with Crippen molar-refractivity contribution in [3.63, 3.8) is 0 Å². The maximum atomic E-state index is 11.6. The van der Waals surface area contributed by atoms with Crippen LogP contribution in [-0.2, 0) is 0 Å². The van der Waals surface area contributed by atoms with Crippen LogP contribution in [0.2, 0.25) is 0 Å². The first kappa shape index (κ1) is 8.64. The summed E-state index contributed by atoms with van der Waals surface area (Å²) in [5, 5.41) is 0. The van der Waals surface area contributed by atoms with Crippen LogP contribution >= 0.6 is 0 Å². The van der Waals surface area contributed by atoms with Crippen molar-refractivity contribution in [3.8, 4) is 0 Å². The molecule has 0 fully saturated rings. The van der Waals surface area contributed by atoms with E-state index in [1.54, 1.807) is 24.3 Å². The summed E-state index contributed by atoms with van der Waals surface area (Å²) in [6.45, 7) is -2.68. The lowest BCUT2D eigenvalue weighted by Crippen LogP contribution is -1.93. The first-order valence-corrected chi connectivity index (χ1v) is 3.36. The Labute approximate surface area is 68.7 Å². The summed E-state index contributed by atoms with van der Waals surface area (Å²) in [7, 11) is 0. The van der Waals surface area contributed by atoms with E-state index in [1.807, 2.05) is 0 Å². The molecule has 12 heavy (non-hydrogen) atoms. The SMILES string of the molecule is Nc1ccccc1/C=N/C(F)F. The monoisotopic (exact) mass is 170 g/mol. The molecule has 0 unspecified atom stereocenters. The van der Waals surface area contributed by atoms with E-state index in [0.29, 0.717) is 11.3 Å². The molecular formula is C8H8F2N2. The predicted molar refractivity (Wildman–Crippen MR) is 44.5 cm³/mol. The number of nitrogens with two attached hydrogens (primary N) is 1. The van der Waals surface area contributed by atoms with Gasteiger partial charge >= 0.3 is 6.55 Å². The lowest BCUT2D eigenvalue weighted by atomic mass is 10.2. The standard InChI is InChI=1S/C8H8F2N2/c9-8(10)12-5-6-3-1-2-4-7(6)11/h1-5,8H,11H2/b12-5+. The average Bonchev–Trinajstić information content (AvgIpc) is 2.03. The second-order valence-electron chi connectivity index (χ2n) is 2.18. The molecule has 0 aliphatic heterocycles. The minimum Gasteiger partial charge on any atom is -0.398 e. The lowest BCUT2D eigenvalue weighted by Gasteiger charge is -1.96. The minimum atomic E-state index is -2.68. The van der Waals surface area contributed by atoms with Crippen molar-refractivity contribution in [2.45, 2.75) is 6.55 Å². The third-order valence-corrected chi connectivity index (χ3v) is 1.32. The van der Waals surface area contributed by atoms with E-state index in [9.17, 15) is 8.78 Å². The molecule has 1 rings (SSSR count). The van der Waals surface area contributed by atoms with Crippen molar-refractivity contribution in [1.29, 1.82) is 0 Å². The number of aliphatic imine (C=N–C) groups is 1. The van der Waals surface area contributed by atoms with Gasteiger partial charge in [0.05, 0.1) is 0 Å². The number of benzene rings is 1. The highest BCUT2D eigenvalue weighted by molar-refractivity contribution is 5.86. The number of alkyl halides is 2. The molecule has 0 aliphatic rings. The Kier molecular flexibility index (Phi) is 2.74. The van der Waals surface area contributed by atoms with Crippen LogP contribution in [0.4, 0.5) is 14.5 Å². The maximum absolute atomic E-state index is 11.6. The second-order valence-corrected chi connectivity index (χ2v) is 2.18. The molecular weight excluding hydrogens is 162 g/mol. The largest absolute Gasteiger partial charge is 0.398 e. The van der Waals surface area contributed by atoms with Crippen LogP contribution in [-0.4, -0.2) is 12.8 Å². The van der Waals surface area contributed by atoms with Crippen LogP contribution in [0.25, 0.3) is 0 Å². The van der Waals surface area contributed by atoms with Gasteiger partial charge in [0.2, 0.25) is 0 Å². The molecule has 0 spiro atoms. The van der Waals surface area contributed by atoms with Gasteiger partial charge in [-0.3, -0.25) is 0 Å². The van der Waals surface area contributed by atoms with E-state index < -0.39 is 6.55 Å². The minimum absolute atomic E-state index is 0.446. The second kappa shape index (κ2) is 3.80. The number of para-hydroxylation sites is 1. The highest BCUT2D eigenvalue weighted by atomic mass is 19.3. The summed E-state index contributed by atoms with van der Waals surface area (Å²) in [6.07, 6.45) is 1.07. The zero-order chi connectivity index (χ0) is 8.97. The molecule has 2 nitrogen and oxygen atoms in total. The molecule has 0 saturated heterocycles. The highest BCUT2D eigenvalue weighted by Gasteiger charge is 1.96. The zero-order valence-electron chi connectivity index (χ0n) is 6.24. The molecule has 0 radical (unpaired) electrons. The van der Waals surface area contributed by atoms with Gasteiger partial charge in [0.15, 0.2) is 0 Å². The van der Waals surface area contributed by atoms with Crippen LogP contribution in [0, 0.1) is 0 Å². The number of nitrogens with zero attached hydrogens (tertiary/aromatic N) is 1. The van der Waals surface area contributed by atoms with E-state index in [2.05, 4.69) is 4.99 Å². The first-order chi connectivity index (χ1) is 5.70. The fourth-order valence-electron chi connectivity index (χ4n) is 0.765. The van der Waals surface area contributed by atoms with Crippen molar-refractivity contribution in [1.82, 2.24) is 0 Å². The maximum Gasteiger partial charge on any atom is 0.331 e. The Hall–Kier alpha value is -1.45. The number of halogens is 2. The van der Waals surface area contributed by atoms with Crippen LogP contribution in [0.3, 0.4) is 0 Å². The van der Waals surface area contributed by atoms with Gasteiger partial charge < -0.3 is 5.73 Å². The smallest absolute Gasteiger partial charge is 0.331 e. The van der Waals surface area contributed by atoms with Crippen molar-refractivity contribution in [3.05, 3.63) is 29.8 Å². The van der Waals surface area contributed by atoms with Crippen molar-refractivity contribution in [2.75, 3.05) is 5.73 Å². The van der Waals surface area contributed by atoms with Gasteiger partial charge in [0.1, 0.15) is 0 Å². The molecule has 2 N–H and O–H groups in total. The number of rotatable bonds is 2. The van der Waals surface area contributed by atoms with Crippen LogP contribution < -0.4 is 5.73 Å². The van der Waals surface area contributed by atoms with Gasteiger partial charge in [0.25, 0.3) is 0 Å². The molecule has 0 atom stereocenters. The Morgan fingerprint density at radius 3 is 2.58 bits per heavy atom. The topological polar surface area (TPSA) is 38.4 Å². The number of nitrogen functional groups attached to an aromatic ring is 1. The zero-order valence-corrected chi connectivity index (χ0v) is 6.24. The molecule has 0 bridgehead atoms. The summed E-state index contributed by atoms with van der Waals surface area (Å²) >= 11 is 0. The molecule has 0 aliphatic carbocycles. The van der Waals surface area contributed by atoms with Crippen LogP contribution in [0.15, 0.2) is 29.3 Å². The molecule has 64 valence electrons. The van der Waals surface area contributed by atoms with Gasteiger partial charge in [-0.05, 0) is 6.07 Å². The Bertz CT molecular complexity index is 284. The fraction of sp³-hybridized carbons (Fsp3) is 0.125. The Morgan fingerprint density at radius 2 is 2.00 bits per heavy atom. The molecule has 0 saturated carbocycles. The van der Waals surface area contributed by atoms with Crippen LogP contribution in [0.1, 0.15) is 5.56 Å². The average molecular weight is 170 g/mol.